The van der Waals surface area contributed by atoms with E-state index in [-0.39, 0.29) is 5.41 Å². The number of benzene rings is 9. The van der Waals surface area contributed by atoms with E-state index < -0.39 is 0 Å². The van der Waals surface area contributed by atoms with E-state index in [0.29, 0.717) is 5.82 Å². The van der Waals surface area contributed by atoms with Gasteiger partial charge in [0.15, 0.2) is 5.82 Å². The molecule has 0 unspecified atom stereocenters. The van der Waals surface area contributed by atoms with Gasteiger partial charge < -0.3 is 0 Å². The number of rotatable bonds is 6. The standard InChI is InChI=1S/C57H40N2/c1-57(2)52-34-30-44(35-51(52)49-31-29-40-15-9-10-18-46(40)55(49)57)39-21-25-41(26-22-39)45-32-33-50(48-20-12-11-19-47(45)48)56-58-53(42-16-7-4-8-17-42)36-54(59-56)43-27-23-38(24-28-43)37-13-5-3-6-14-37/h3-36H,1-2H3. The minimum Gasteiger partial charge on any atom is -0.228 e. The van der Waals surface area contributed by atoms with Gasteiger partial charge in [-0.05, 0) is 95.4 Å². The highest BCUT2D eigenvalue weighted by atomic mass is 14.9. The molecule has 0 amide bonds. The van der Waals surface area contributed by atoms with Crippen molar-refractivity contribution >= 4 is 21.5 Å². The molecule has 2 nitrogen and oxygen atoms in total. The molecule has 0 saturated carbocycles. The highest BCUT2D eigenvalue weighted by molar-refractivity contribution is 6.04. The number of hydrogen-bond acceptors (Lipinski definition) is 2. The molecule has 0 saturated heterocycles. The van der Waals surface area contributed by atoms with Crippen LogP contribution in [0.15, 0.2) is 206 Å². The summed E-state index contributed by atoms with van der Waals surface area (Å²) < 4.78 is 0. The Morgan fingerprint density at radius 3 is 1.49 bits per heavy atom. The summed E-state index contributed by atoms with van der Waals surface area (Å²) in [4.78, 5) is 10.5. The molecule has 1 aliphatic carbocycles. The summed E-state index contributed by atoms with van der Waals surface area (Å²) in [5.41, 5.74) is 17.5. The second kappa shape index (κ2) is 13.9. The van der Waals surface area contributed by atoms with Crippen molar-refractivity contribution in [3.63, 3.8) is 0 Å². The van der Waals surface area contributed by atoms with Gasteiger partial charge >= 0.3 is 0 Å². The van der Waals surface area contributed by atoms with Gasteiger partial charge in [0.1, 0.15) is 0 Å². The molecule has 0 N–H and O–H groups in total. The van der Waals surface area contributed by atoms with Gasteiger partial charge in [0.2, 0.25) is 0 Å². The minimum atomic E-state index is -0.0647. The predicted molar refractivity (Wildman–Crippen MR) is 247 cm³/mol. The number of nitrogens with zero attached hydrogens (tertiary/aromatic N) is 2. The molecule has 2 heteroatoms. The third-order valence-electron chi connectivity index (χ3n) is 12.3. The molecule has 1 heterocycles. The Labute approximate surface area is 345 Å². The van der Waals surface area contributed by atoms with Gasteiger partial charge in [-0.15, -0.1) is 0 Å². The molecule has 1 aliphatic rings. The average Bonchev–Trinajstić information content (AvgIpc) is 3.54. The molecule has 0 radical (unpaired) electrons. The molecule has 0 aliphatic heterocycles. The first-order chi connectivity index (χ1) is 29.0. The normalized spacial score (nSPS) is 12.7. The molecule has 278 valence electrons. The van der Waals surface area contributed by atoms with Gasteiger partial charge in [-0.1, -0.05) is 202 Å². The zero-order chi connectivity index (χ0) is 39.5. The number of hydrogen-bond donors (Lipinski definition) is 0. The van der Waals surface area contributed by atoms with Gasteiger partial charge in [0.05, 0.1) is 11.4 Å². The largest absolute Gasteiger partial charge is 0.228 e. The van der Waals surface area contributed by atoms with Crippen LogP contribution in [0.25, 0.3) is 100.0 Å². The molecule has 1 aromatic heterocycles. The van der Waals surface area contributed by atoms with Crippen LogP contribution in [0.5, 0.6) is 0 Å². The van der Waals surface area contributed by atoms with Crippen molar-refractivity contribution in [2.45, 2.75) is 19.3 Å². The second-order valence-electron chi connectivity index (χ2n) is 16.1. The Kier molecular flexibility index (Phi) is 8.20. The molecule has 59 heavy (non-hydrogen) atoms. The van der Waals surface area contributed by atoms with Crippen LogP contribution in [-0.4, -0.2) is 9.97 Å². The number of aromatic nitrogens is 2. The van der Waals surface area contributed by atoms with Crippen LogP contribution in [-0.2, 0) is 5.41 Å². The van der Waals surface area contributed by atoms with Crippen molar-refractivity contribution < 1.29 is 0 Å². The zero-order valence-electron chi connectivity index (χ0n) is 33.0. The minimum absolute atomic E-state index is 0.0647. The van der Waals surface area contributed by atoms with E-state index in [9.17, 15) is 0 Å². The first-order valence-corrected chi connectivity index (χ1v) is 20.4. The Morgan fingerprint density at radius 2 is 0.797 bits per heavy atom. The molecule has 0 atom stereocenters. The van der Waals surface area contributed by atoms with E-state index in [0.717, 1.165) is 33.5 Å². The predicted octanol–water partition coefficient (Wildman–Crippen LogP) is 15.1. The van der Waals surface area contributed by atoms with Gasteiger partial charge in [-0.3, -0.25) is 0 Å². The van der Waals surface area contributed by atoms with Gasteiger partial charge in [0.25, 0.3) is 0 Å². The van der Waals surface area contributed by atoms with Crippen LogP contribution in [0.1, 0.15) is 25.0 Å². The summed E-state index contributed by atoms with van der Waals surface area (Å²) in [6.07, 6.45) is 0. The van der Waals surface area contributed by atoms with Crippen LogP contribution in [0.2, 0.25) is 0 Å². The van der Waals surface area contributed by atoms with Crippen LogP contribution in [0.3, 0.4) is 0 Å². The summed E-state index contributed by atoms with van der Waals surface area (Å²) in [5, 5.41) is 4.94. The smallest absolute Gasteiger partial charge is 0.161 e. The van der Waals surface area contributed by atoms with Gasteiger partial charge in [-0.2, -0.15) is 0 Å². The van der Waals surface area contributed by atoms with Crippen LogP contribution in [0.4, 0.5) is 0 Å². The van der Waals surface area contributed by atoms with E-state index in [1.807, 2.05) is 12.1 Å². The summed E-state index contributed by atoms with van der Waals surface area (Å²) >= 11 is 0. The highest BCUT2D eigenvalue weighted by Crippen LogP contribution is 2.52. The maximum atomic E-state index is 5.25. The summed E-state index contributed by atoms with van der Waals surface area (Å²) in [7, 11) is 0. The molecule has 9 aromatic carbocycles. The fourth-order valence-electron chi connectivity index (χ4n) is 9.32. The van der Waals surface area contributed by atoms with E-state index in [2.05, 4.69) is 208 Å². The monoisotopic (exact) mass is 752 g/mol. The Morgan fingerprint density at radius 1 is 0.322 bits per heavy atom. The van der Waals surface area contributed by atoms with E-state index in [4.69, 9.17) is 9.97 Å². The molecule has 0 fully saturated rings. The highest BCUT2D eigenvalue weighted by Gasteiger charge is 2.37. The quantitative estimate of drug-likeness (QED) is 0.169. The fraction of sp³-hybridized carbons (Fsp3) is 0.0526. The SMILES string of the molecule is CC1(C)c2ccc(-c3ccc(-c4ccc(-c5nc(-c6ccccc6)cc(-c6ccc(-c7ccccc7)cc6)n5)c5ccccc45)cc3)cc2-c2ccc3ccccc3c21. The van der Waals surface area contributed by atoms with E-state index >= 15 is 0 Å². The molecule has 0 bridgehead atoms. The Balaban J connectivity index is 0.964. The lowest BCUT2D eigenvalue weighted by Crippen LogP contribution is -2.15. The van der Waals surface area contributed by atoms with Crippen LogP contribution < -0.4 is 0 Å². The van der Waals surface area contributed by atoms with Crippen LogP contribution in [0, 0.1) is 0 Å². The van der Waals surface area contributed by atoms with E-state index in [1.165, 1.54) is 71.8 Å². The Hall–Kier alpha value is -7.42. The van der Waals surface area contributed by atoms with Crippen molar-refractivity contribution in [1.82, 2.24) is 9.97 Å². The zero-order valence-corrected chi connectivity index (χ0v) is 33.0. The fourth-order valence-corrected chi connectivity index (χ4v) is 9.32. The first-order valence-electron chi connectivity index (χ1n) is 20.4. The molecular formula is C57H40N2. The Bertz CT molecular complexity index is 3200. The maximum absolute atomic E-state index is 5.25. The summed E-state index contributed by atoms with van der Waals surface area (Å²) in [5.74, 6) is 0.709. The average molecular weight is 753 g/mol. The lowest BCUT2D eigenvalue weighted by molar-refractivity contribution is 0.666. The van der Waals surface area contributed by atoms with Crippen molar-refractivity contribution in [1.29, 1.82) is 0 Å². The third-order valence-corrected chi connectivity index (χ3v) is 12.3. The topological polar surface area (TPSA) is 25.8 Å². The van der Waals surface area contributed by atoms with Crippen molar-refractivity contribution in [3.05, 3.63) is 217 Å². The summed E-state index contributed by atoms with van der Waals surface area (Å²) in [6.45, 7) is 4.73. The molecule has 10 aromatic rings. The lowest BCUT2D eigenvalue weighted by Gasteiger charge is -2.23. The first kappa shape index (κ1) is 34.8. The number of fused-ring (bicyclic) bond motifs is 6. The third kappa shape index (κ3) is 5.96. The second-order valence-corrected chi connectivity index (χ2v) is 16.1. The van der Waals surface area contributed by atoms with Gasteiger partial charge in [-0.25, -0.2) is 9.97 Å². The maximum Gasteiger partial charge on any atom is 0.161 e. The van der Waals surface area contributed by atoms with Crippen molar-refractivity contribution in [3.8, 4) is 78.4 Å². The lowest BCUT2D eigenvalue weighted by atomic mass is 9.80. The molecule has 11 rings (SSSR count). The van der Waals surface area contributed by atoms with Crippen molar-refractivity contribution in [2.75, 3.05) is 0 Å². The summed E-state index contributed by atoms with van der Waals surface area (Å²) in [6, 6.07) is 74.2. The van der Waals surface area contributed by atoms with E-state index in [1.54, 1.807) is 0 Å². The molecular weight excluding hydrogens is 713 g/mol. The van der Waals surface area contributed by atoms with Gasteiger partial charge in [0, 0.05) is 22.1 Å². The van der Waals surface area contributed by atoms with Crippen molar-refractivity contribution in [2.24, 2.45) is 0 Å². The van der Waals surface area contributed by atoms with Crippen LogP contribution >= 0.6 is 0 Å². The molecule has 0 spiro atoms.